The fourth-order valence-electron chi connectivity index (χ4n) is 0.498. The second-order valence-corrected chi connectivity index (χ2v) is 2.08. The van der Waals surface area contributed by atoms with Crippen LogP contribution in [0.5, 0.6) is 0 Å². The van der Waals surface area contributed by atoms with E-state index in [4.69, 9.17) is 32.4 Å². The second kappa shape index (κ2) is 44.1. The van der Waals surface area contributed by atoms with E-state index in [1.165, 1.54) is 0 Å². The van der Waals surface area contributed by atoms with Crippen molar-refractivity contribution in [3.8, 4) is 0 Å². The van der Waals surface area contributed by atoms with Crippen molar-refractivity contribution in [3.05, 3.63) is 57.4 Å². The molecule has 0 radical (unpaired) electrons. The van der Waals surface area contributed by atoms with Gasteiger partial charge < -0.3 is 0 Å². The van der Waals surface area contributed by atoms with Crippen molar-refractivity contribution in [1.29, 1.82) is 0 Å². The average Bonchev–Trinajstić information content (AvgIpc) is 3.11. The molecule has 0 saturated heterocycles. The van der Waals surface area contributed by atoms with Crippen molar-refractivity contribution in [2.45, 2.75) is 0 Å². The number of hydrogen-bond acceptors (Lipinski definition) is 2. The van der Waals surface area contributed by atoms with Crippen molar-refractivity contribution >= 4 is 4.57 Å². The molecule has 0 unspecified atom stereocenters. The molecule has 7 nitrogen and oxygen atoms in total. The van der Waals surface area contributed by atoms with Gasteiger partial charge in [-0.25, -0.2) is 0 Å². The molecule has 0 amide bonds. The zero-order valence-electron chi connectivity index (χ0n) is 9.50. The molecule has 98 valence electrons. The Kier molecular flexibility index (Phi) is 70.5. The molecule has 1 aromatic rings. The molecule has 1 rings (SSSR count). The van der Waals surface area contributed by atoms with E-state index in [2.05, 4.69) is 49.1 Å². The van der Waals surface area contributed by atoms with Gasteiger partial charge >= 0.3 is 117 Å². The number of furan rings is 1. The summed E-state index contributed by atoms with van der Waals surface area (Å²) in [6.45, 7) is 22.5. The summed E-state index contributed by atoms with van der Waals surface area (Å²) in [5.74, 6) is 0. The normalized spacial score (nSPS) is 5.00. The van der Waals surface area contributed by atoms with Crippen LogP contribution in [0.3, 0.4) is 0 Å². The summed E-state index contributed by atoms with van der Waals surface area (Å²) >= 11 is 2.76. The molecular weight excluding hydrogens is 296 g/mol. The van der Waals surface area contributed by atoms with Gasteiger partial charge in [0.25, 0.3) is 0 Å². The molecule has 0 aromatic carbocycles. The molecule has 0 spiro atoms. The average molecular weight is 302 g/mol. The molecule has 0 N–H and O–H groups in total. The quantitative estimate of drug-likeness (QED) is 0.591. The fraction of sp³-hybridized carbons (Fsp3) is 0.0909. The van der Waals surface area contributed by atoms with E-state index < -0.39 is 0 Å². The Morgan fingerprint density at radius 1 is 1.00 bits per heavy atom. The van der Waals surface area contributed by atoms with Crippen molar-refractivity contribution in [1.82, 2.24) is 0 Å². The van der Waals surface area contributed by atoms with Crippen LogP contribution in [-0.4, -0.2) is 11.7 Å². The van der Waals surface area contributed by atoms with Crippen LogP contribution < -0.4 is 0 Å². The van der Waals surface area contributed by atoms with Crippen LogP contribution in [0.4, 0.5) is 0 Å². The number of hydrogen-bond donors (Lipinski definition) is 0. The first kappa shape index (κ1) is 30.4. The summed E-state index contributed by atoms with van der Waals surface area (Å²) < 4.78 is 48.0. The zero-order chi connectivity index (χ0) is 16.7. The molecule has 0 aliphatic heterocycles. The molecule has 19 heavy (non-hydrogen) atoms. The van der Waals surface area contributed by atoms with Crippen LogP contribution in [0.25, 0.3) is 0 Å². The summed E-state index contributed by atoms with van der Waals surface area (Å²) in [7, 11) is 1.61. The van der Waals surface area contributed by atoms with E-state index in [-0.39, 0.29) is 0 Å². The molecule has 8 heteroatoms. The van der Waals surface area contributed by atoms with Crippen LogP contribution in [0.1, 0.15) is 5.56 Å². The Labute approximate surface area is 118 Å². The van der Waals surface area contributed by atoms with Crippen LogP contribution >= 0.6 is 0 Å². The third-order valence-corrected chi connectivity index (χ3v) is 1.57. The van der Waals surface area contributed by atoms with E-state index in [1.54, 1.807) is 19.6 Å². The zero-order valence-corrected chi connectivity index (χ0v) is 10.8. The predicted octanol–water partition coefficient (Wildman–Crippen LogP) is 0.763. The second-order valence-electron chi connectivity index (χ2n) is 1.50. The van der Waals surface area contributed by atoms with E-state index in [0.29, 0.717) is 0 Å². The van der Waals surface area contributed by atoms with Gasteiger partial charge in [-0.2, -0.15) is 0 Å². The molecule has 0 aliphatic carbocycles. The first-order valence-electron chi connectivity index (χ1n) is 3.47. The maximum absolute atomic E-state index is 7.50. The fourth-order valence-corrected chi connectivity index (χ4v) is 0.680. The Morgan fingerprint density at radius 2 is 1.37 bits per heavy atom. The first-order valence-corrected chi connectivity index (χ1v) is 4.11. The van der Waals surface area contributed by atoms with Gasteiger partial charge in [-0.15, -0.1) is 0 Å². The van der Waals surface area contributed by atoms with Gasteiger partial charge in [0.1, 0.15) is 0 Å². The van der Waals surface area contributed by atoms with Crippen molar-refractivity contribution in [2.24, 2.45) is 0 Å². The standard InChI is InChI=1S/C6H6O2.5CO.Cr/c1-7-4-6-2-3-8-5-6;5*1-2;/h2-3,5H,1H3;;;;;;. The first-order chi connectivity index (χ1) is 9.34. The minimum atomic E-state index is 0.753. The van der Waals surface area contributed by atoms with E-state index >= 15 is 0 Å². The summed E-state index contributed by atoms with van der Waals surface area (Å²) in [4.78, 5) is 0. The maximum atomic E-state index is 7.50. The van der Waals surface area contributed by atoms with Gasteiger partial charge in [0, 0.05) is 0 Å². The van der Waals surface area contributed by atoms with Crippen molar-refractivity contribution in [3.63, 3.8) is 0 Å². The molecule has 0 saturated carbocycles. The summed E-state index contributed by atoms with van der Waals surface area (Å²) in [6.07, 6.45) is 3.22. The third kappa shape index (κ3) is 26.1. The third-order valence-electron chi connectivity index (χ3n) is 0.942. The topological polar surface area (TPSA) is 122 Å². The van der Waals surface area contributed by atoms with Gasteiger partial charge in [0.05, 0.1) is 0 Å². The van der Waals surface area contributed by atoms with Gasteiger partial charge in [0.15, 0.2) is 0 Å². The Morgan fingerprint density at radius 3 is 1.58 bits per heavy atom. The molecule has 1 aromatic heterocycles. The number of rotatable bonds is 2. The Balaban J connectivity index is -0.0000000557. The Bertz CT molecular complexity index is 335. The molecule has 1 heterocycles. The summed E-state index contributed by atoms with van der Waals surface area (Å²) in [5, 5.41) is 0. The minimum absolute atomic E-state index is 0.753. The van der Waals surface area contributed by atoms with Crippen LogP contribution in [0, 0.1) is 33.3 Å². The molecule has 0 fully saturated rings. The number of methoxy groups -OCH3 is 1. The SMILES string of the molecule is CO[C](=[Cr])c1ccoc1.[C-]#[O+].[C-]#[O+].[C-]#[O+].[C-]#[O+].[C-]#[O+]. The molecule has 0 bridgehead atoms. The van der Waals surface area contributed by atoms with Crippen LogP contribution in [0.2, 0.25) is 0 Å². The van der Waals surface area contributed by atoms with E-state index in [1.807, 2.05) is 6.07 Å². The molecule has 0 aliphatic rings. The molecular formula is C11H6CrO7. The van der Waals surface area contributed by atoms with E-state index in [9.17, 15) is 0 Å². The van der Waals surface area contributed by atoms with E-state index in [0.717, 1.165) is 10.1 Å². The van der Waals surface area contributed by atoms with Crippen LogP contribution in [-0.2, 0) is 43.8 Å². The molecule has 0 atom stereocenters. The van der Waals surface area contributed by atoms with Gasteiger partial charge in [0.2, 0.25) is 0 Å². The Hall–Kier alpha value is -1.66. The number of ether oxygens (including phenoxy) is 1. The predicted molar refractivity (Wildman–Crippen MR) is 49.5 cm³/mol. The van der Waals surface area contributed by atoms with Crippen molar-refractivity contribution < 1.29 is 48.3 Å². The van der Waals surface area contributed by atoms with Gasteiger partial charge in [-0.1, -0.05) is 0 Å². The van der Waals surface area contributed by atoms with Gasteiger partial charge in [-0.05, 0) is 0 Å². The van der Waals surface area contributed by atoms with Gasteiger partial charge in [-0.3, -0.25) is 0 Å². The monoisotopic (exact) mass is 302 g/mol. The van der Waals surface area contributed by atoms with Crippen molar-refractivity contribution in [2.75, 3.05) is 7.11 Å². The van der Waals surface area contributed by atoms with Crippen LogP contribution in [0.15, 0.2) is 23.0 Å². The summed E-state index contributed by atoms with van der Waals surface area (Å²) in [5.41, 5.74) is 0.942. The summed E-state index contributed by atoms with van der Waals surface area (Å²) in [6, 6.07) is 1.83.